The predicted molar refractivity (Wildman–Crippen MR) is 81.4 cm³/mol. The van der Waals surface area contributed by atoms with Crippen molar-refractivity contribution < 1.29 is 5.11 Å². The molecule has 0 amide bonds. The lowest BCUT2D eigenvalue weighted by molar-refractivity contribution is 0.200. The SMILES string of the molecule is CCC1CCCC(Nc2ccccc2C(C)O)CC1. The highest BCUT2D eigenvalue weighted by molar-refractivity contribution is 5.52. The van der Waals surface area contributed by atoms with Crippen molar-refractivity contribution in [2.45, 2.75) is 64.5 Å². The van der Waals surface area contributed by atoms with E-state index in [1.807, 2.05) is 25.1 Å². The number of rotatable bonds is 4. The van der Waals surface area contributed by atoms with Gasteiger partial charge in [0.05, 0.1) is 6.10 Å². The van der Waals surface area contributed by atoms with Gasteiger partial charge in [-0.15, -0.1) is 0 Å². The summed E-state index contributed by atoms with van der Waals surface area (Å²) in [6.07, 6.45) is 7.47. The van der Waals surface area contributed by atoms with Crippen LogP contribution in [0, 0.1) is 5.92 Å². The minimum atomic E-state index is -0.405. The summed E-state index contributed by atoms with van der Waals surface area (Å²) in [5.74, 6) is 0.916. The quantitative estimate of drug-likeness (QED) is 0.782. The molecular formula is C17H27NO. The van der Waals surface area contributed by atoms with Gasteiger partial charge in [0, 0.05) is 17.3 Å². The highest BCUT2D eigenvalue weighted by atomic mass is 16.3. The first-order chi connectivity index (χ1) is 9.20. The van der Waals surface area contributed by atoms with Crippen LogP contribution in [0.4, 0.5) is 5.69 Å². The molecule has 1 aromatic rings. The molecule has 1 aliphatic carbocycles. The standard InChI is InChI=1S/C17H27NO/c1-3-14-7-6-8-15(12-11-14)18-17-10-5-4-9-16(17)13(2)19/h4-5,9-10,13-15,18-19H,3,6-8,11-12H2,1-2H3. The van der Waals surface area contributed by atoms with Crippen molar-refractivity contribution in [1.82, 2.24) is 0 Å². The smallest absolute Gasteiger partial charge is 0.0781 e. The molecule has 0 radical (unpaired) electrons. The number of hydrogen-bond donors (Lipinski definition) is 2. The minimum Gasteiger partial charge on any atom is -0.389 e. The molecule has 106 valence electrons. The molecule has 0 saturated heterocycles. The molecule has 2 heteroatoms. The zero-order valence-electron chi connectivity index (χ0n) is 12.2. The van der Waals surface area contributed by atoms with Crippen molar-refractivity contribution in [3.05, 3.63) is 29.8 Å². The second kappa shape index (κ2) is 6.95. The first-order valence-corrected chi connectivity index (χ1v) is 7.74. The van der Waals surface area contributed by atoms with E-state index in [-0.39, 0.29) is 0 Å². The first kappa shape index (κ1) is 14.4. The Labute approximate surface area is 117 Å². The van der Waals surface area contributed by atoms with E-state index >= 15 is 0 Å². The number of hydrogen-bond acceptors (Lipinski definition) is 2. The summed E-state index contributed by atoms with van der Waals surface area (Å²) >= 11 is 0. The zero-order valence-corrected chi connectivity index (χ0v) is 12.2. The fraction of sp³-hybridized carbons (Fsp3) is 0.647. The van der Waals surface area contributed by atoms with Crippen molar-refractivity contribution in [2.75, 3.05) is 5.32 Å². The summed E-state index contributed by atoms with van der Waals surface area (Å²) < 4.78 is 0. The number of aliphatic hydroxyl groups is 1. The van der Waals surface area contributed by atoms with Gasteiger partial charge < -0.3 is 10.4 Å². The second-order valence-corrected chi connectivity index (χ2v) is 5.89. The maximum Gasteiger partial charge on any atom is 0.0781 e. The van der Waals surface area contributed by atoms with Crippen molar-refractivity contribution in [1.29, 1.82) is 0 Å². The number of aliphatic hydroxyl groups excluding tert-OH is 1. The van der Waals surface area contributed by atoms with E-state index < -0.39 is 6.10 Å². The van der Waals surface area contributed by atoms with E-state index in [9.17, 15) is 5.11 Å². The predicted octanol–water partition coefficient (Wildman–Crippen LogP) is 4.51. The first-order valence-electron chi connectivity index (χ1n) is 7.74. The molecule has 0 aromatic heterocycles. The molecule has 2 nitrogen and oxygen atoms in total. The van der Waals surface area contributed by atoms with E-state index in [1.165, 1.54) is 38.5 Å². The molecule has 0 spiro atoms. The maximum atomic E-state index is 9.83. The lowest BCUT2D eigenvalue weighted by Gasteiger charge is -2.21. The van der Waals surface area contributed by atoms with Crippen molar-refractivity contribution in [2.24, 2.45) is 5.92 Å². The summed E-state index contributed by atoms with van der Waals surface area (Å²) in [7, 11) is 0. The molecule has 3 atom stereocenters. The molecule has 1 aromatic carbocycles. The van der Waals surface area contributed by atoms with Crippen molar-refractivity contribution in [3.63, 3.8) is 0 Å². The van der Waals surface area contributed by atoms with Gasteiger partial charge in [-0.2, -0.15) is 0 Å². The Morgan fingerprint density at radius 1 is 1.21 bits per heavy atom. The third-order valence-electron chi connectivity index (χ3n) is 4.44. The topological polar surface area (TPSA) is 32.3 Å². The van der Waals surface area contributed by atoms with Crippen molar-refractivity contribution in [3.8, 4) is 0 Å². The van der Waals surface area contributed by atoms with Crippen LogP contribution in [0.2, 0.25) is 0 Å². The van der Waals surface area contributed by atoms with E-state index in [0.29, 0.717) is 6.04 Å². The molecule has 1 aliphatic rings. The maximum absolute atomic E-state index is 9.83. The summed E-state index contributed by atoms with van der Waals surface area (Å²) in [5, 5.41) is 13.5. The summed E-state index contributed by atoms with van der Waals surface area (Å²) in [6, 6.07) is 8.70. The molecule has 0 bridgehead atoms. The van der Waals surface area contributed by atoms with Crippen LogP contribution in [0.15, 0.2) is 24.3 Å². The Kier molecular flexibility index (Phi) is 5.26. The Morgan fingerprint density at radius 3 is 2.74 bits per heavy atom. The zero-order chi connectivity index (χ0) is 13.7. The van der Waals surface area contributed by atoms with Gasteiger partial charge in [-0.25, -0.2) is 0 Å². The van der Waals surface area contributed by atoms with E-state index in [1.54, 1.807) is 0 Å². The van der Waals surface area contributed by atoms with Gasteiger partial charge in [0.2, 0.25) is 0 Å². The second-order valence-electron chi connectivity index (χ2n) is 5.89. The monoisotopic (exact) mass is 261 g/mol. The van der Waals surface area contributed by atoms with Gasteiger partial charge in [-0.1, -0.05) is 44.4 Å². The Balaban J connectivity index is 2.01. The Morgan fingerprint density at radius 2 is 2.00 bits per heavy atom. The van der Waals surface area contributed by atoms with Crippen LogP contribution in [-0.2, 0) is 0 Å². The van der Waals surface area contributed by atoms with Crippen LogP contribution in [0.3, 0.4) is 0 Å². The third kappa shape index (κ3) is 3.97. The van der Waals surface area contributed by atoms with Crippen molar-refractivity contribution >= 4 is 5.69 Å². The van der Waals surface area contributed by atoms with Gasteiger partial charge in [0.25, 0.3) is 0 Å². The summed E-state index contributed by atoms with van der Waals surface area (Å²) in [4.78, 5) is 0. The molecule has 2 N–H and O–H groups in total. The van der Waals surface area contributed by atoms with Crippen LogP contribution in [0.1, 0.15) is 64.0 Å². The van der Waals surface area contributed by atoms with Gasteiger partial charge in [0.15, 0.2) is 0 Å². The lowest BCUT2D eigenvalue weighted by atomic mass is 9.97. The van der Waals surface area contributed by atoms with E-state index in [2.05, 4.69) is 18.3 Å². The normalized spacial score (nSPS) is 25.6. The van der Waals surface area contributed by atoms with Crippen LogP contribution in [-0.4, -0.2) is 11.1 Å². The number of anilines is 1. The Hall–Kier alpha value is -1.02. The van der Waals surface area contributed by atoms with E-state index in [0.717, 1.165) is 17.2 Å². The molecular weight excluding hydrogens is 234 g/mol. The Bertz CT molecular complexity index is 389. The van der Waals surface area contributed by atoms with Crippen LogP contribution in [0.25, 0.3) is 0 Å². The van der Waals surface area contributed by atoms with Gasteiger partial charge in [-0.3, -0.25) is 0 Å². The molecule has 2 rings (SSSR count). The van der Waals surface area contributed by atoms with Gasteiger partial charge in [0.1, 0.15) is 0 Å². The molecule has 1 fully saturated rings. The molecule has 1 saturated carbocycles. The molecule has 0 aliphatic heterocycles. The van der Waals surface area contributed by atoms with Crippen LogP contribution >= 0.6 is 0 Å². The molecule has 0 heterocycles. The molecule has 3 unspecified atom stereocenters. The lowest BCUT2D eigenvalue weighted by Crippen LogP contribution is -2.19. The van der Waals surface area contributed by atoms with E-state index in [4.69, 9.17) is 0 Å². The average Bonchev–Trinajstić information content (AvgIpc) is 2.64. The number of nitrogens with one attached hydrogen (secondary N) is 1. The fourth-order valence-electron chi connectivity index (χ4n) is 3.14. The fourth-order valence-corrected chi connectivity index (χ4v) is 3.14. The summed E-state index contributed by atoms with van der Waals surface area (Å²) in [5.41, 5.74) is 2.12. The van der Waals surface area contributed by atoms with Crippen LogP contribution in [0.5, 0.6) is 0 Å². The summed E-state index contributed by atoms with van der Waals surface area (Å²) in [6.45, 7) is 4.14. The number of para-hydroxylation sites is 1. The number of benzene rings is 1. The highest BCUT2D eigenvalue weighted by Gasteiger charge is 2.18. The third-order valence-corrected chi connectivity index (χ3v) is 4.44. The van der Waals surface area contributed by atoms with Gasteiger partial charge >= 0.3 is 0 Å². The average molecular weight is 261 g/mol. The highest BCUT2D eigenvalue weighted by Crippen LogP contribution is 2.29. The minimum absolute atomic E-state index is 0.405. The largest absolute Gasteiger partial charge is 0.389 e. The molecule has 19 heavy (non-hydrogen) atoms. The van der Waals surface area contributed by atoms with Crippen LogP contribution < -0.4 is 5.32 Å². The van der Waals surface area contributed by atoms with Gasteiger partial charge in [-0.05, 0) is 38.2 Å².